The number of rotatable bonds is 4. The Labute approximate surface area is 127 Å². The number of nitrogens with two attached hydrogens (primary N) is 1. The van der Waals surface area contributed by atoms with Gasteiger partial charge in [0.05, 0.1) is 16.1 Å². The number of aromatic nitrogens is 2. The second-order valence-corrected chi connectivity index (χ2v) is 5.37. The molecule has 2 aromatic carbocycles. The summed E-state index contributed by atoms with van der Waals surface area (Å²) in [5, 5.41) is 0.0661. The molecule has 3 aromatic rings. The van der Waals surface area contributed by atoms with Gasteiger partial charge in [-0.15, -0.1) is 0 Å². The maximum absolute atomic E-state index is 13.6. The van der Waals surface area contributed by atoms with Gasteiger partial charge in [-0.1, -0.05) is 41.9 Å². The molecule has 0 unspecified atom stereocenters. The van der Waals surface area contributed by atoms with E-state index in [9.17, 15) is 4.39 Å². The van der Waals surface area contributed by atoms with Crippen LogP contribution < -0.4 is 5.73 Å². The number of nitrogens with zero attached hydrogens (tertiary/aromatic N) is 2. The maximum atomic E-state index is 13.6. The van der Waals surface area contributed by atoms with Crippen LogP contribution in [0.2, 0.25) is 5.02 Å². The molecule has 3 rings (SSSR count). The number of hydrogen-bond acceptors (Lipinski definition) is 2. The second kappa shape index (κ2) is 5.74. The molecule has 1 heterocycles. The van der Waals surface area contributed by atoms with Gasteiger partial charge in [0.2, 0.25) is 5.95 Å². The van der Waals surface area contributed by atoms with Crippen LogP contribution in [0.4, 0.5) is 10.3 Å². The fourth-order valence-corrected chi connectivity index (χ4v) is 2.62. The predicted molar refractivity (Wildman–Crippen MR) is 83.9 cm³/mol. The third-order valence-electron chi connectivity index (χ3n) is 3.51. The SMILES string of the molecule is Nc1nc2cc(Cl)c(F)cc2n1CCCc1ccccc1. The summed E-state index contributed by atoms with van der Waals surface area (Å²) in [5.74, 6) is -0.0619. The monoisotopic (exact) mass is 303 g/mol. The predicted octanol–water partition coefficient (Wildman–Crippen LogP) is 4.04. The van der Waals surface area contributed by atoms with Crippen LogP contribution in [0.15, 0.2) is 42.5 Å². The second-order valence-electron chi connectivity index (χ2n) is 4.97. The zero-order valence-electron chi connectivity index (χ0n) is 11.4. The van der Waals surface area contributed by atoms with Gasteiger partial charge in [0.1, 0.15) is 5.82 Å². The number of halogens is 2. The zero-order chi connectivity index (χ0) is 14.8. The molecule has 0 bridgehead atoms. The van der Waals surface area contributed by atoms with Crippen LogP contribution in [0.25, 0.3) is 11.0 Å². The average molecular weight is 304 g/mol. The fraction of sp³-hybridized carbons (Fsp3) is 0.188. The minimum atomic E-state index is -0.451. The topological polar surface area (TPSA) is 43.8 Å². The smallest absolute Gasteiger partial charge is 0.201 e. The standard InChI is InChI=1S/C16H15ClFN3/c17-12-9-14-15(10-13(12)18)21(16(19)20-14)8-4-7-11-5-2-1-3-6-11/h1-3,5-6,9-10H,4,7-8H2,(H2,19,20). The molecule has 0 fully saturated rings. The molecule has 0 radical (unpaired) electrons. The van der Waals surface area contributed by atoms with Crippen molar-refractivity contribution in [3.63, 3.8) is 0 Å². The van der Waals surface area contributed by atoms with Crippen molar-refractivity contribution in [3.8, 4) is 0 Å². The minimum absolute atomic E-state index is 0.0661. The molecule has 0 aliphatic heterocycles. The van der Waals surface area contributed by atoms with Gasteiger partial charge in [0.25, 0.3) is 0 Å². The molecule has 2 N–H and O–H groups in total. The van der Waals surface area contributed by atoms with E-state index < -0.39 is 5.82 Å². The number of aryl methyl sites for hydroxylation is 2. The summed E-state index contributed by atoms with van der Waals surface area (Å²) in [5.41, 5.74) is 8.50. The molecule has 0 aliphatic rings. The minimum Gasteiger partial charge on any atom is -0.369 e. The molecule has 0 amide bonds. The first-order chi connectivity index (χ1) is 10.1. The summed E-state index contributed by atoms with van der Waals surface area (Å²) >= 11 is 5.77. The first-order valence-electron chi connectivity index (χ1n) is 6.80. The highest BCUT2D eigenvalue weighted by molar-refractivity contribution is 6.31. The van der Waals surface area contributed by atoms with Crippen LogP contribution in [-0.2, 0) is 13.0 Å². The number of imidazole rings is 1. The van der Waals surface area contributed by atoms with Crippen molar-refractivity contribution in [2.75, 3.05) is 5.73 Å². The molecule has 3 nitrogen and oxygen atoms in total. The summed E-state index contributed by atoms with van der Waals surface area (Å²) < 4.78 is 15.4. The lowest BCUT2D eigenvalue weighted by molar-refractivity contribution is 0.626. The van der Waals surface area contributed by atoms with Crippen molar-refractivity contribution in [1.82, 2.24) is 9.55 Å². The Hall–Kier alpha value is -2.07. The van der Waals surface area contributed by atoms with Crippen molar-refractivity contribution in [1.29, 1.82) is 0 Å². The van der Waals surface area contributed by atoms with Crippen LogP contribution in [0.1, 0.15) is 12.0 Å². The molecule has 0 saturated carbocycles. The van der Waals surface area contributed by atoms with Crippen molar-refractivity contribution in [2.45, 2.75) is 19.4 Å². The number of hydrogen-bond donors (Lipinski definition) is 1. The fourth-order valence-electron chi connectivity index (χ4n) is 2.46. The molecular formula is C16H15ClFN3. The van der Waals surface area contributed by atoms with Crippen LogP contribution in [-0.4, -0.2) is 9.55 Å². The van der Waals surface area contributed by atoms with Crippen molar-refractivity contribution in [3.05, 3.63) is 58.9 Å². The molecule has 0 saturated heterocycles. The quantitative estimate of drug-likeness (QED) is 0.790. The van der Waals surface area contributed by atoms with E-state index in [0.717, 1.165) is 12.8 Å². The summed E-state index contributed by atoms with van der Waals surface area (Å²) in [6.45, 7) is 0.693. The molecule has 0 spiro atoms. The van der Waals surface area contributed by atoms with E-state index in [4.69, 9.17) is 17.3 Å². The Morgan fingerprint density at radius 2 is 1.95 bits per heavy atom. The number of benzene rings is 2. The first kappa shape index (κ1) is 13.9. The molecule has 1 aromatic heterocycles. The summed E-state index contributed by atoms with van der Waals surface area (Å²) in [6.07, 6.45) is 1.85. The lowest BCUT2D eigenvalue weighted by Crippen LogP contribution is -2.04. The van der Waals surface area contributed by atoms with Gasteiger partial charge in [-0.3, -0.25) is 0 Å². The highest BCUT2D eigenvalue weighted by Crippen LogP contribution is 2.25. The van der Waals surface area contributed by atoms with E-state index in [1.165, 1.54) is 17.7 Å². The van der Waals surface area contributed by atoms with Crippen LogP contribution in [0.3, 0.4) is 0 Å². The van der Waals surface area contributed by atoms with Gasteiger partial charge in [-0.05, 0) is 24.5 Å². The van der Waals surface area contributed by atoms with Gasteiger partial charge >= 0.3 is 0 Å². The number of anilines is 1. The average Bonchev–Trinajstić information content (AvgIpc) is 2.76. The summed E-state index contributed by atoms with van der Waals surface area (Å²) in [4.78, 5) is 4.23. The molecule has 0 atom stereocenters. The maximum Gasteiger partial charge on any atom is 0.201 e. The first-order valence-corrected chi connectivity index (χ1v) is 7.17. The Balaban J connectivity index is 1.80. The van der Waals surface area contributed by atoms with E-state index in [1.54, 1.807) is 0 Å². The van der Waals surface area contributed by atoms with Gasteiger partial charge in [0, 0.05) is 12.6 Å². The van der Waals surface area contributed by atoms with Crippen molar-refractivity contribution >= 4 is 28.6 Å². The highest BCUT2D eigenvalue weighted by Gasteiger charge is 2.11. The van der Waals surface area contributed by atoms with E-state index in [0.29, 0.717) is 23.5 Å². The van der Waals surface area contributed by atoms with Gasteiger partial charge in [-0.2, -0.15) is 0 Å². The molecule has 0 aliphatic carbocycles. The van der Waals surface area contributed by atoms with Crippen LogP contribution in [0, 0.1) is 5.82 Å². The molecule has 21 heavy (non-hydrogen) atoms. The van der Waals surface area contributed by atoms with Crippen molar-refractivity contribution in [2.24, 2.45) is 0 Å². The lowest BCUT2D eigenvalue weighted by Gasteiger charge is -2.07. The third kappa shape index (κ3) is 2.85. The van der Waals surface area contributed by atoms with E-state index >= 15 is 0 Å². The summed E-state index contributed by atoms with van der Waals surface area (Å²) in [7, 11) is 0. The Morgan fingerprint density at radius 1 is 1.19 bits per heavy atom. The lowest BCUT2D eigenvalue weighted by atomic mass is 10.1. The number of nitrogen functional groups attached to an aromatic ring is 1. The highest BCUT2D eigenvalue weighted by atomic mass is 35.5. The molecule has 5 heteroatoms. The zero-order valence-corrected chi connectivity index (χ0v) is 12.1. The Morgan fingerprint density at radius 3 is 2.71 bits per heavy atom. The van der Waals surface area contributed by atoms with Crippen LogP contribution in [0.5, 0.6) is 0 Å². The van der Waals surface area contributed by atoms with Gasteiger partial charge < -0.3 is 10.3 Å². The van der Waals surface area contributed by atoms with Crippen molar-refractivity contribution < 1.29 is 4.39 Å². The van der Waals surface area contributed by atoms with Gasteiger partial charge in [0.15, 0.2) is 0 Å². The normalized spacial score (nSPS) is 11.1. The van der Waals surface area contributed by atoms with E-state index in [-0.39, 0.29) is 5.02 Å². The Kier molecular flexibility index (Phi) is 3.80. The Bertz CT molecular complexity index is 768. The number of fused-ring (bicyclic) bond motifs is 1. The third-order valence-corrected chi connectivity index (χ3v) is 3.80. The van der Waals surface area contributed by atoms with Crippen LogP contribution >= 0.6 is 11.6 Å². The molecular weight excluding hydrogens is 289 g/mol. The van der Waals surface area contributed by atoms with E-state index in [1.807, 2.05) is 22.8 Å². The molecule has 108 valence electrons. The summed E-state index contributed by atoms with van der Waals surface area (Å²) in [6, 6.07) is 13.1. The largest absolute Gasteiger partial charge is 0.369 e. The van der Waals surface area contributed by atoms with E-state index in [2.05, 4.69) is 17.1 Å². The van der Waals surface area contributed by atoms with Gasteiger partial charge in [-0.25, -0.2) is 9.37 Å².